The Bertz CT molecular complexity index is 800. The highest BCUT2D eigenvalue weighted by molar-refractivity contribution is 5.92. The number of carbonyl (C=O) groups is 2. The number of benzene rings is 2. The number of fused-ring (bicyclic) bond motifs is 1. The molecular weight excluding hydrogens is 334 g/mol. The highest BCUT2D eigenvalue weighted by Crippen LogP contribution is 2.32. The first-order valence-electron chi connectivity index (χ1n) is 8.49. The quantitative estimate of drug-likeness (QED) is 0.806. The molecule has 0 aliphatic carbocycles. The first kappa shape index (κ1) is 17.8. The van der Waals surface area contributed by atoms with Gasteiger partial charge >= 0.3 is 5.97 Å². The Morgan fingerprint density at radius 2 is 1.85 bits per heavy atom. The molecule has 0 radical (unpaired) electrons. The topological polar surface area (TPSA) is 73.9 Å². The number of nitrogens with one attached hydrogen (secondary N) is 1. The fourth-order valence-electron chi connectivity index (χ4n) is 2.69. The minimum absolute atomic E-state index is 0.118. The Morgan fingerprint density at radius 1 is 1.12 bits per heavy atom. The van der Waals surface area contributed by atoms with Gasteiger partial charge in [0.15, 0.2) is 18.1 Å². The number of aryl methyl sites for hydroxylation is 1. The van der Waals surface area contributed by atoms with Crippen molar-refractivity contribution < 1.29 is 23.8 Å². The summed E-state index contributed by atoms with van der Waals surface area (Å²) in [5, 5.41) is 2.89. The van der Waals surface area contributed by atoms with E-state index in [2.05, 4.69) is 5.32 Å². The van der Waals surface area contributed by atoms with Gasteiger partial charge in [-0.2, -0.15) is 0 Å². The van der Waals surface area contributed by atoms with Crippen LogP contribution < -0.4 is 14.8 Å². The van der Waals surface area contributed by atoms with Crippen molar-refractivity contribution in [2.24, 2.45) is 0 Å². The van der Waals surface area contributed by atoms with E-state index in [0.29, 0.717) is 17.1 Å². The second kappa shape index (κ2) is 7.91. The third-order valence-electron chi connectivity index (χ3n) is 4.17. The molecule has 1 aliphatic rings. The van der Waals surface area contributed by atoms with E-state index in [-0.39, 0.29) is 25.3 Å². The number of amides is 1. The summed E-state index contributed by atoms with van der Waals surface area (Å²) in [6.45, 7) is 3.80. The predicted molar refractivity (Wildman–Crippen MR) is 95.2 cm³/mol. The maximum absolute atomic E-state index is 12.1. The third-order valence-corrected chi connectivity index (χ3v) is 4.17. The molecule has 1 aliphatic heterocycles. The van der Waals surface area contributed by atoms with E-state index < -0.39 is 5.97 Å². The lowest BCUT2D eigenvalue weighted by molar-refractivity contribution is -0.125. The number of carbonyl (C=O) groups excluding carboxylic acids is 2. The van der Waals surface area contributed by atoms with Crippen molar-refractivity contribution in [3.05, 3.63) is 59.2 Å². The van der Waals surface area contributed by atoms with Crippen LogP contribution in [-0.4, -0.2) is 25.3 Å². The van der Waals surface area contributed by atoms with Crippen LogP contribution in [0, 0.1) is 6.92 Å². The van der Waals surface area contributed by atoms with Gasteiger partial charge in [-0.3, -0.25) is 4.79 Å². The molecule has 0 unspecified atom stereocenters. The van der Waals surface area contributed by atoms with Crippen molar-refractivity contribution in [1.29, 1.82) is 0 Å². The standard InChI is InChI=1S/C20H21NO5/c1-3-16(14-6-4-13(2)5-7-14)21-19(22)11-24-20(23)15-8-9-17-18(10-15)26-12-25-17/h4-10,16H,3,11-12H2,1-2H3,(H,21,22)/t16-/m0/s1. The van der Waals surface area contributed by atoms with Crippen molar-refractivity contribution in [3.63, 3.8) is 0 Å². The molecule has 1 atom stereocenters. The molecule has 2 aromatic rings. The summed E-state index contributed by atoms with van der Waals surface area (Å²) in [4.78, 5) is 24.3. The molecule has 1 heterocycles. The normalized spacial score (nSPS) is 13.2. The van der Waals surface area contributed by atoms with E-state index in [1.54, 1.807) is 18.2 Å². The number of hydrogen-bond acceptors (Lipinski definition) is 5. The van der Waals surface area contributed by atoms with Crippen LogP contribution in [0.4, 0.5) is 0 Å². The zero-order chi connectivity index (χ0) is 18.5. The molecule has 1 amide bonds. The van der Waals surface area contributed by atoms with Crippen molar-refractivity contribution in [1.82, 2.24) is 5.32 Å². The second-order valence-electron chi connectivity index (χ2n) is 6.08. The van der Waals surface area contributed by atoms with Gasteiger partial charge in [0, 0.05) is 0 Å². The first-order chi connectivity index (χ1) is 12.6. The predicted octanol–water partition coefficient (Wildman–Crippen LogP) is 3.15. The molecule has 1 N–H and O–H groups in total. The highest BCUT2D eigenvalue weighted by Gasteiger charge is 2.18. The lowest BCUT2D eigenvalue weighted by Crippen LogP contribution is -2.32. The molecule has 0 aromatic heterocycles. The van der Waals surface area contributed by atoms with Crippen molar-refractivity contribution in [3.8, 4) is 11.5 Å². The largest absolute Gasteiger partial charge is 0.454 e. The molecule has 26 heavy (non-hydrogen) atoms. The Balaban J connectivity index is 1.54. The fraction of sp³-hybridized carbons (Fsp3) is 0.300. The maximum Gasteiger partial charge on any atom is 0.338 e. The Labute approximate surface area is 152 Å². The number of hydrogen-bond donors (Lipinski definition) is 1. The smallest absolute Gasteiger partial charge is 0.338 e. The van der Waals surface area contributed by atoms with Crippen LogP contribution in [0.15, 0.2) is 42.5 Å². The number of ether oxygens (including phenoxy) is 3. The lowest BCUT2D eigenvalue weighted by atomic mass is 10.0. The monoisotopic (exact) mass is 355 g/mol. The lowest BCUT2D eigenvalue weighted by Gasteiger charge is -2.17. The van der Waals surface area contributed by atoms with Crippen LogP contribution in [-0.2, 0) is 9.53 Å². The molecule has 6 nitrogen and oxygen atoms in total. The van der Waals surface area contributed by atoms with E-state index >= 15 is 0 Å². The minimum atomic E-state index is -0.582. The van der Waals surface area contributed by atoms with Gasteiger partial charge in [0.05, 0.1) is 11.6 Å². The van der Waals surface area contributed by atoms with Crippen LogP contribution in [0.3, 0.4) is 0 Å². The van der Waals surface area contributed by atoms with E-state index in [4.69, 9.17) is 14.2 Å². The Hall–Kier alpha value is -3.02. The van der Waals surface area contributed by atoms with Gasteiger partial charge in [0.1, 0.15) is 0 Å². The summed E-state index contributed by atoms with van der Waals surface area (Å²) in [6.07, 6.45) is 0.741. The number of esters is 1. The van der Waals surface area contributed by atoms with Crippen molar-refractivity contribution >= 4 is 11.9 Å². The first-order valence-corrected chi connectivity index (χ1v) is 8.49. The van der Waals surface area contributed by atoms with Crippen LogP contribution in [0.2, 0.25) is 0 Å². The molecule has 136 valence electrons. The molecule has 2 aromatic carbocycles. The molecule has 0 saturated carbocycles. The average molecular weight is 355 g/mol. The Morgan fingerprint density at radius 3 is 2.58 bits per heavy atom. The zero-order valence-electron chi connectivity index (χ0n) is 14.8. The summed E-state index contributed by atoms with van der Waals surface area (Å²) in [7, 11) is 0. The zero-order valence-corrected chi connectivity index (χ0v) is 14.8. The summed E-state index contributed by atoms with van der Waals surface area (Å²) in [6, 6.07) is 12.6. The molecule has 0 spiro atoms. The summed E-state index contributed by atoms with van der Waals surface area (Å²) < 4.78 is 15.5. The third kappa shape index (κ3) is 4.14. The van der Waals surface area contributed by atoms with Crippen LogP contribution in [0.25, 0.3) is 0 Å². The van der Waals surface area contributed by atoms with Gasteiger partial charge in [-0.1, -0.05) is 36.8 Å². The minimum Gasteiger partial charge on any atom is -0.454 e. The summed E-state index contributed by atoms with van der Waals surface area (Å²) >= 11 is 0. The molecule has 6 heteroatoms. The molecule has 0 bridgehead atoms. The van der Waals surface area contributed by atoms with Crippen LogP contribution in [0.5, 0.6) is 11.5 Å². The van der Waals surface area contributed by atoms with Crippen molar-refractivity contribution in [2.75, 3.05) is 13.4 Å². The molecule has 0 fully saturated rings. The van der Waals surface area contributed by atoms with E-state index in [1.165, 1.54) is 0 Å². The van der Waals surface area contributed by atoms with Gasteiger partial charge < -0.3 is 19.5 Å². The molecular formula is C20H21NO5. The SMILES string of the molecule is CC[C@H](NC(=O)COC(=O)c1ccc2c(c1)OCO2)c1ccc(C)cc1. The van der Waals surface area contributed by atoms with Crippen LogP contribution in [0.1, 0.15) is 40.9 Å². The van der Waals surface area contributed by atoms with Crippen LogP contribution >= 0.6 is 0 Å². The van der Waals surface area contributed by atoms with Crippen molar-refractivity contribution in [2.45, 2.75) is 26.3 Å². The Kier molecular flexibility index (Phi) is 5.41. The summed E-state index contributed by atoms with van der Waals surface area (Å²) in [5.41, 5.74) is 2.49. The van der Waals surface area contributed by atoms with Gasteiger partial charge in [0.25, 0.3) is 5.91 Å². The summed E-state index contributed by atoms with van der Waals surface area (Å²) in [5.74, 6) is 0.158. The fourth-order valence-corrected chi connectivity index (χ4v) is 2.69. The van der Waals surface area contributed by atoms with E-state index in [1.807, 2.05) is 38.1 Å². The average Bonchev–Trinajstić information content (AvgIpc) is 3.12. The highest BCUT2D eigenvalue weighted by atomic mass is 16.7. The molecule has 0 saturated heterocycles. The van der Waals surface area contributed by atoms with Gasteiger partial charge in [-0.15, -0.1) is 0 Å². The van der Waals surface area contributed by atoms with E-state index in [9.17, 15) is 9.59 Å². The van der Waals surface area contributed by atoms with E-state index in [0.717, 1.165) is 17.5 Å². The van der Waals surface area contributed by atoms with Gasteiger partial charge in [-0.05, 0) is 37.1 Å². The maximum atomic E-state index is 12.1. The van der Waals surface area contributed by atoms with Gasteiger partial charge in [0.2, 0.25) is 6.79 Å². The second-order valence-corrected chi connectivity index (χ2v) is 6.08. The van der Waals surface area contributed by atoms with Gasteiger partial charge in [-0.25, -0.2) is 4.79 Å². The number of rotatable bonds is 6. The molecule has 3 rings (SSSR count).